The Hall–Kier alpha value is 0.966. The molecule has 0 bridgehead atoms. The molecule has 0 spiro atoms. The van der Waals surface area contributed by atoms with E-state index in [-0.39, 0.29) is 57.4 Å². The molecule has 1 N–H and O–H groups in total. The molecule has 0 saturated carbocycles. The second-order valence-corrected chi connectivity index (χ2v) is 3.64. The quantitative estimate of drug-likeness (QED) is 0.408. The van der Waals surface area contributed by atoms with E-state index < -0.39 is 0 Å². The van der Waals surface area contributed by atoms with Crippen LogP contribution in [0.5, 0.6) is 0 Å². The molecule has 4 heteroatoms. The molecule has 1 unspecified atom stereocenters. The summed E-state index contributed by atoms with van der Waals surface area (Å²) in [6.07, 6.45) is 0. The van der Waals surface area contributed by atoms with Gasteiger partial charge in [-0.1, -0.05) is 34.7 Å². The van der Waals surface area contributed by atoms with E-state index in [1.54, 1.807) is 0 Å². The number of hydrogen-bond donors (Lipinski definition) is 1. The first-order chi connectivity index (χ1) is 5.70. The summed E-state index contributed by atoms with van der Waals surface area (Å²) in [7, 11) is 0. The van der Waals surface area contributed by atoms with E-state index in [2.05, 4.69) is 5.32 Å². The SMILES string of the molecule is CC(NC(=S)[S-])c1ccccc1.[K+]. The fraction of sp³-hybridized carbons (Fsp3) is 0.222. The molecule has 1 aromatic rings. The zero-order valence-electron chi connectivity index (χ0n) is 7.78. The number of thiocarbonyl (C=S) groups is 1. The molecule has 0 aliphatic carbocycles. The van der Waals surface area contributed by atoms with Crippen molar-refractivity contribution in [3.63, 3.8) is 0 Å². The zero-order chi connectivity index (χ0) is 8.97. The Morgan fingerprint density at radius 2 is 1.92 bits per heavy atom. The summed E-state index contributed by atoms with van der Waals surface area (Å²) in [5.74, 6) is 0. The van der Waals surface area contributed by atoms with Gasteiger partial charge in [0, 0.05) is 6.04 Å². The molecule has 64 valence electrons. The summed E-state index contributed by atoms with van der Waals surface area (Å²) in [5.41, 5.74) is 1.20. The van der Waals surface area contributed by atoms with E-state index in [0.717, 1.165) is 0 Å². The Labute approximate surface area is 133 Å². The third kappa shape index (κ3) is 5.42. The summed E-state index contributed by atoms with van der Waals surface area (Å²) in [4.78, 5) is 0. The Morgan fingerprint density at radius 3 is 2.38 bits per heavy atom. The van der Waals surface area contributed by atoms with Crippen LogP contribution in [0.4, 0.5) is 0 Å². The van der Waals surface area contributed by atoms with E-state index >= 15 is 0 Å². The van der Waals surface area contributed by atoms with Gasteiger partial charge in [-0.3, -0.25) is 0 Å². The third-order valence-corrected chi connectivity index (χ3v) is 1.87. The smallest absolute Gasteiger partial charge is 0.412 e. The van der Waals surface area contributed by atoms with Crippen molar-refractivity contribution in [2.45, 2.75) is 13.0 Å². The minimum atomic E-state index is 0. The Morgan fingerprint density at radius 1 is 1.38 bits per heavy atom. The van der Waals surface area contributed by atoms with Crippen molar-refractivity contribution in [1.82, 2.24) is 5.32 Å². The van der Waals surface area contributed by atoms with Crippen molar-refractivity contribution in [2.24, 2.45) is 0 Å². The molecule has 0 aliphatic heterocycles. The molecule has 1 atom stereocenters. The predicted octanol–water partition coefficient (Wildman–Crippen LogP) is -0.827. The summed E-state index contributed by atoms with van der Waals surface area (Å²) in [6, 6.07) is 10.3. The van der Waals surface area contributed by atoms with Gasteiger partial charge in [0.15, 0.2) is 0 Å². The van der Waals surface area contributed by atoms with E-state index in [0.29, 0.717) is 4.32 Å². The van der Waals surface area contributed by atoms with Crippen molar-refractivity contribution < 1.29 is 51.4 Å². The number of nitrogens with one attached hydrogen (secondary N) is 1. The van der Waals surface area contributed by atoms with Crippen LogP contribution >= 0.6 is 12.2 Å². The van der Waals surface area contributed by atoms with Crippen molar-refractivity contribution in [3.05, 3.63) is 35.9 Å². The van der Waals surface area contributed by atoms with Crippen LogP contribution in [0.15, 0.2) is 30.3 Å². The first kappa shape index (κ1) is 14.0. The minimum Gasteiger partial charge on any atom is -0.412 e. The average molecular weight is 235 g/mol. The average Bonchev–Trinajstić information content (AvgIpc) is 2.05. The molecule has 1 nitrogen and oxygen atoms in total. The number of rotatable bonds is 2. The van der Waals surface area contributed by atoms with Gasteiger partial charge in [-0.25, -0.2) is 0 Å². The van der Waals surface area contributed by atoms with E-state index in [4.69, 9.17) is 24.8 Å². The van der Waals surface area contributed by atoms with Crippen LogP contribution in [0.2, 0.25) is 0 Å². The van der Waals surface area contributed by atoms with Crippen LogP contribution in [0.1, 0.15) is 18.5 Å². The van der Waals surface area contributed by atoms with Crippen molar-refractivity contribution in [1.29, 1.82) is 0 Å². The van der Waals surface area contributed by atoms with Crippen molar-refractivity contribution in [3.8, 4) is 0 Å². The van der Waals surface area contributed by atoms with Crippen LogP contribution in [0.25, 0.3) is 0 Å². The molecule has 0 radical (unpaired) electrons. The van der Waals surface area contributed by atoms with Gasteiger partial charge in [-0.05, 0) is 12.5 Å². The number of benzene rings is 1. The van der Waals surface area contributed by atoms with Crippen LogP contribution in [-0.2, 0) is 12.6 Å². The number of hydrogen-bond acceptors (Lipinski definition) is 2. The summed E-state index contributed by atoms with van der Waals surface area (Å²) in [6.45, 7) is 2.04. The van der Waals surface area contributed by atoms with Gasteiger partial charge in [0.05, 0.1) is 0 Å². The first-order valence-electron chi connectivity index (χ1n) is 3.72. The molecule has 1 aromatic carbocycles. The predicted molar refractivity (Wildman–Crippen MR) is 58.0 cm³/mol. The molecule has 0 heterocycles. The molecule has 0 amide bonds. The van der Waals surface area contributed by atoms with Crippen LogP contribution < -0.4 is 56.7 Å². The largest absolute Gasteiger partial charge is 1.00 e. The maximum Gasteiger partial charge on any atom is 1.00 e. The van der Waals surface area contributed by atoms with Crippen LogP contribution in [0, 0.1) is 0 Å². The Balaban J connectivity index is 0.00000144. The molecule has 0 aliphatic rings. The van der Waals surface area contributed by atoms with Gasteiger partial charge in [0.25, 0.3) is 0 Å². The van der Waals surface area contributed by atoms with Crippen molar-refractivity contribution >= 4 is 29.2 Å². The standard InChI is InChI=1S/C9H11NS2.K/c1-7(10-9(11)12)8-5-3-2-4-6-8;/h2-7H,1H3,(H2,10,11,12);/q;+1/p-1. The Kier molecular flexibility index (Phi) is 7.82. The molecule has 1 rings (SSSR count). The van der Waals surface area contributed by atoms with E-state index in [1.807, 2.05) is 37.3 Å². The van der Waals surface area contributed by atoms with E-state index in [1.165, 1.54) is 5.56 Å². The third-order valence-electron chi connectivity index (χ3n) is 1.63. The van der Waals surface area contributed by atoms with E-state index in [9.17, 15) is 0 Å². The van der Waals surface area contributed by atoms with Crippen LogP contribution in [0.3, 0.4) is 0 Å². The molecule has 0 fully saturated rings. The molecular formula is C9H10KNS2. The van der Waals surface area contributed by atoms with Gasteiger partial charge in [-0.2, -0.15) is 0 Å². The normalized spacial score (nSPS) is 11.2. The van der Waals surface area contributed by atoms with Gasteiger partial charge >= 0.3 is 51.4 Å². The van der Waals surface area contributed by atoms with Gasteiger partial charge in [0.2, 0.25) is 0 Å². The maximum absolute atomic E-state index is 4.78. The molecule has 13 heavy (non-hydrogen) atoms. The van der Waals surface area contributed by atoms with Gasteiger partial charge in [0.1, 0.15) is 0 Å². The zero-order valence-corrected chi connectivity index (χ0v) is 12.5. The molecular weight excluding hydrogens is 225 g/mol. The monoisotopic (exact) mass is 235 g/mol. The van der Waals surface area contributed by atoms with Crippen LogP contribution in [-0.4, -0.2) is 4.32 Å². The summed E-state index contributed by atoms with van der Waals surface area (Å²) in [5, 5.41) is 3.01. The van der Waals surface area contributed by atoms with Crippen molar-refractivity contribution in [2.75, 3.05) is 0 Å². The fourth-order valence-corrected chi connectivity index (χ4v) is 1.36. The van der Waals surface area contributed by atoms with Gasteiger partial charge < -0.3 is 30.2 Å². The summed E-state index contributed by atoms with van der Waals surface area (Å²) < 4.78 is 0.423. The van der Waals surface area contributed by atoms with Gasteiger partial charge in [-0.15, -0.1) is 0 Å². The minimum absolute atomic E-state index is 0. The Bertz CT molecular complexity index is 264. The summed E-state index contributed by atoms with van der Waals surface area (Å²) >= 11 is 9.55. The second-order valence-electron chi connectivity index (χ2n) is 2.56. The first-order valence-corrected chi connectivity index (χ1v) is 4.54. The second kappa shape index (κ2) is 7.28. The molecule has 0 saturated heterocycles. The fourth-order valence-electron chi connectivity index (χ4n) is 1.00. The topological polar surface area (TPSA) is 12.0 Å². The molecule has 0 aromatic heterocycles. The maximum atomic E-state index is 4.78.